The predicted octanol–water partition coefficient (Wildman–Crippen LogP) is 2.07. The fourth-order valence-corrected chi connectivity index (χ4v) is 1.81. The van der Waals surface area contributed by atoms with Crippen LogP contribution >= 0.6 is 22.6 Å². The Hall–Kier alpha value is -1.09. The van der Waals surface area contributed by atoms with Crippen molar-refractivity contribution in [2.75, 3.05) is 0 Å². The molecule has 0 aliphatic rings. The fourth-order valence-electron chi connectivity index (χ4n) is 0.992. The second-order valence-electron chi connectivity index (χ2n) is 2.49. The summed E-state index contributed by atoms with van der Waals surface area (Å²) in [6.45, 7) is 1.36. The third kappa shape index (κ3) is 1.80. The van der Waals surface area contributed by atoms with Gasteiger partial charge in [-0.2, -0.15) is 5.26 Å². The quantitative estimate of drug-likeness (QED) is 0.635. The normalized spacial score (nSPS) is 9.31. The monoisotopic (exact) mass is 287 g/mol. The Bertz CT molecular complexity index is 407. The van der Waals surface area contributed by atoms with Gasteiger partial charge in [0.05, 0.1) is 11.1 Å². The van der Waals surface area contributed by atoms with Gasteiger partial charge in [-0.1, -0.05) is 0 Å². The Kier molecular flexibility index (Phi) is 2.88. The maximum atomic E-state index is 11.1. The van der Waals surface area contributed by atoms with Gasteiger partial charge in [0.25, 0.3) is 0 Å². The molecule has 4 heteroatoms. The van der Waals surface area contributed by atoms with Crippen LogP contribution in [-0.4, -0.2) is 10.9 Å². The highest BCUT2D eigenvalue weighted by atomic mass is 127. The molecule has 0 atom stereocenters. The van der Waals surface area contributed by atoms with Crippen LogP contribution in [0, 0.1) is 14.9 Å². The second kappa shape index (κ2) is 3.75. The van der Waals surface area contributed by atoms with E-state index in [1.165, 1.54) is 13.0 Å². The number of carbonyl (C=O) groups is 1. The van der Waals surface area contributed by atoms with Gasteiger partial charge in [0, 0.05) is 3.57 Å². The molecule has 0 saturated heterocycles. The molecule has 0 spiro atoms. The van der Waals surface area contributed by atoms with E-state index in [2.05, 4.69) is 0 Å². The molecule has 0 bridgehead atoms. The summed E-state index contributed by atoms with van der Waals surface area (Å²) in [5, 5.41) is 18.1. The zero-order valence-corrected chi connectivity index (χ0v) is 8.99. The van der Waals surface area contributed by atoms with E-state index in [9.17, 15) is 9.90 Å². The van der Waals surface area contributed by atoms with Crippen molar-refractivity contribution in [3.8, 4) is 11.8 Å². The molecule has 0 fully saturated rings. The van der Waals surface area contributed by atoms with Crippen LogP contribution < -0.4 is 0 Å². The van der Waals surface area contributed by atoms with E-state index in [1.807, 2.05) is 28.7 Å². The van der Waals surface area contributed by atoms with Gasteiger partial charge < -0.3 is 5.11 Å². The summed E-state index contributed by atoms with van der Waals surface area (Å²) < 4.78 is 0.654. The Balaban J connectivity index is 3.50. The maximum Gasteiger partial charge on any atom is 0.164 e. The minimum Gasteiger partial charge on any atom is -0.506 e. The number of hydrogen-bond acceptors (Lipinski definition) is 3. The molecule has 13 heavy (non-hydrogen) atoms. The summed E-state index contributed by atoms with van der Waals surface area (Å²) in [7, 11) is 0. The number of ketones is 1. The number of Topliss-reactive ketones (excluding diaryl/α,β-unsaturated/α-hetero) is 1. The molecule has 1 aromatic rings. The van der Waals surface area contributed by atoms with E-state index < -0.39 is 0 Å². The Morgan fingerprint density at radius 1 is 1.62 bits per heavy atom. The first-order valence-corrected chi connectivity index (χ1v) is 4.58. The summed E-state index contributed by atoms with van der Waals surface area (Å²) in [4.78, 5) is 11.1. The van der Waals surface area contributed by atoms with Crippen molar-refractivity contribution in [2.45, 2.75) is 6.92 Å². The van der Waals surface area contributed by atoms with E-state index in [0.29, 0.717) is 3.57 Å². The Morgan fingerprint density at radius 2 is 2.23 bits per heavy atom. The van der Waals surface area contributed by atoms with E-state index in [4.69, 9.17) is 5.26 Å². The van der Waals surface area contributed by atoms with Crippen LogP contribution in [0.15, 0.2) is 12.1 Å². The topological polar surface area (TPSA) is 61.1 Å². The Morgan fingerprint density at radius 3 is 2.69 bits per heavy atom. The van der Waals surface area contributed by atoms with Crippen LogP contribution in [0.1, 0.15) is 22.8 Å². The van der Waals surface area contributed by atoms with Crippen molar-refractivity contribution in [1.82, 2.24) is 0 Å². The molecular weight excluding hydrogens is 281 g/mol. The maximum absolute atomic E-state index is 11.1. The SMILES string of the molecule is CC(=O)c1c(I)ccc(C#N)c1O. The van der Waals surface area contributed by atoms with E-state index in [0.717, 1.165) is 0 Å². The molecule has 1 aromatic carbocycles. The highest BCUT2D eigenvalue weighted by Crippen LogP contribution is 2.26. The van der Waals surface area contributed by atoms with Gasteiger partial charge in [0.1, 0.15) is 11.8 Å². The van der Waals surface area contributed by atoms with Crippen molar-refractivity contribution >= 4 is 28.4 Å². The third-order valence-corrected chi connectivity index (χ3v) is 2.50. The van der Waals surface area contributed by atoms with Gasteiger partial charge in [0.2, 0.25) is 0 Å². The van der Waals surface area contributed by atoms with Crippen LogP contribution in [0.4, 0.5) is 0 Å². The van der Waals surface area contributed by atoms with Gasteiger partial charge in [-0.3, -0.25) is 4.79 Å². The number of phenols is 1. The first-order valence-electron chi connectivity index (χ1n) is 3.50. The number of halogens is 1. The molecule has 0 aromatic heterocycles. The number of rotatable bonds is 1. The average molecular weight is 287 g/mol. The molecule has 0 aliphatic carbocycles. The lowest BCUT2D eigenvalue weighted by Crippen LogP contribution is -1.98. The number of carbonyl (C=O) groups excluding carboxylic acids is 1. The molecule has 0 unspecified atom stereocenters. The van der Waals surface area contributed by atoms with Crippen molar-refractivity contribution in [3.05, 3.63) is 26.8 Å². The van der Waals surface area contributed by atoms with Crippen molar-refractivity contribution in [2.24, 2.45) is 0 Å². The molecule has 1 N–H and O–H groups in total. The molecule has 0 heterocycles. The van der Waals surface area contributed by atoms with E-state index >= 15 is 0 Å². The fraction of sp³-hybridized carbons (Fsp3) is 0.111. The molecule has 0 aliphatic heterocycles. The van der Waals surface area contributed by atoms with E-state index in [-0.39, 0.29) is 22.7 Å². The number of hydrogen-bond donors (Lipinski definition) is 1. The predicted molar refractivity (Wildman–Crippen MR) is 55.5 cm³/mol. The highest BCUT2D eigenvalue weighted by Gasteiger charge is 2.14. The number of nitrogens with zero attached hydrogens (tertiary/aromatic N) is 1. The minimum atomic E-state index is -0.237. The Labute approximate surface area is 89.1 Å². The first kappa shape index (κ1) is 9.99. The molecule has 0 radical (unpaired) electrons. The average Bonchev–Trinajstić information content (AvgIpc) is 2.04. The summed E-state index contributed by atoms with van der Waals surface area (Å²) in [6.07, 6.45) is 0. The van der Waals surface area contributed by atoms with Gasteiger partial charge in [-0.05, 0) is 41.6 Å². The molecule has 0 amide bonds. The number of benzene rings is 1. The molecular formula is C9H6INO2. The minimum absolute atomic E-state index is 0.130. The van der Waals surface area contributed by atoms with Crippen LogP contribution in [0.2, 0.25) is 0 Å². The van der Waals surface area contributed by atoms with Crippen LogP contribution in [0.5, 0.6) is 5.75 Å². The molecule has 3 nitrogen and oxygen atoms in total. The van der Waals surface area contributed by atoms with E-state index in [1.54, 1.807) is 6.07 Å². The van der Waals surface area contributed by atoms with Gasteiger partial charge in [-0.25, -0.2) is 0 Å². The molecule has 66 valence electrons. The largest absolute Gasteiger partial charge is 0.506 e. The smallest absolute Gasteiger partial charge is 0.164 e. The van der Waals surface area contributed by atoms with Gasteiger partial charge in [0.15, 0.2) is 5.78 Å². The van der Waals surface area contributed by atoms with Crippen molar-refractivity contribution < 1.29 is 9.90 Å². The summed E-state index contributed by atoms with van der Waals surface area (Å²) in [5.41, 5.74) is 0.352. The highest BCUT2D eigenvalue weighted by molar-refractivity contribution is 14.1. The summed E-state index contributed by atoms with van der Waals surface area (Å²) in [5.74, 6) is -0.457. The first-order chi connectivity index (χ1) is 6.07. The second-order valence-corrected chi connectivity index (χ2v) is 3.65. The zero-order valence-electron chi connectivity index (χ0n) is 6.84. The summed E-state index contributed by atoms with van der Waals surface area (Å²) in [6, 6.07) is 4.94. The molecule has 1 rings (SSSR count). The van der Waals surface area contributed by atoms with Crippen LogP contribution in [-0.2, 0) is 0 Å². The standard InChI is InChI=1S/C9H6INO2/c1-5(12)8-7(10)3-2-6(4-11)9(8)13/h2-3,13H,1H3. The summed E-state index contributed by atoms with van der Waals surface area (Å²) >= 11 is 1.94. The van der Waals surface area contributed by atoms with Crippen molar-refractivity contribution in [1.29, 1.82) is 5.26 Å². The number of aromatic hydroxyl groups is 1. The van der Waals surface area contributed by atoms with Gasteiger partial charge in [-0.15, -0.1) is 0 Å². The zero-order chi connectivity index (χ0) is 10.0. The van der Waals surface area contributed by atoms with Crippen molar-refractivity contribution in [3.63, 3.8) is 0 Å². The lowest BCUT2D eigenvalue weighted by atomic mass is 10.1. The molecule has 0 saturated carbocycles. The number of nitriles is 1. The van der Waals surface area contributed by atoms with Gasteiger partial charge >= 0.3 is 0 Å². The van der Waals surface area contributed by atoms with Crippen LogP contribution in [0.3, 0.4) is 0 Å². The van der Waals surface area contributed by atoms with Crippen LogP contribution in [0.25, 0.3) is 0 Å². The lowest BCUT2D eigenvalue weighted by Gasteiger charge is -2.04. The third-order valence-electron chi connectivity index (χ3n) is 1.60. The number of phenolic OH excluding ortho intramolecular Hbond substituents is 1. The lowest BCUT2D eigenvalue weighted by molar-refractivity contribution is 0.101.